The summed E-state index contributed by atoms with van der Waals surface area (Å²) in [6.07, 6.45) is 8.75. The number of likely N-dealkylation sites (tertiary alicyclic amines) is 1. The molecule has 2 aliphatic heterocycles. The fraction of sp³-hybridized carbons (Fsp3) is 0.297. The molecule has 0 aliphatic carbocycles. The number of nitrogens with one attached hydrogen (secondary N) is 2. The molecule has 250 valence electrons. The number of H-pyrrole nitrogens is 1. The first-order valence-electron chi connectivity index (χ1n) is 16.4. The van der Waals surface area contributed by atoms with Crippen molar-refractivity contribution >= 4 is 34.0 Å². The lowest BCUT2D eigenvalue weighted by molar-refractivity contribution is -0.138. The van der Waals surface area contributed by atoms with Crippen molar-refractivity contribution in [1.82, 2.24) is 34.9 Å². The van der Waals surface area contributed by atoms with Gasteiger partial charge in [-0.1, -0.05) is 25.1 Å². The number of methoxy groups -OCH3 is 1. The highest BCUT2D eigenvalue weighted by Gasteiger charge is 2.45. The Kier molecular flexibility index (Phi) is 8.98. The first kappa shape index (κ1) is 32.2. The third kappa shape index (κ3) is 6.57. The molecule has 1 atom stereocenters. The molecule has 3 aromatic heterocycles. The maximum Gasteiger partial charge on any atom is 0.258 e. The van der Waals surface area contributed by atoms with Crippen molar-refractivity contribution in [2.45, 2.75) is 31.8 Å². The Hall–Kier alpha value is -5.33. The van der Waals surface area contributed by atoms with Gasteiger partial charge in [-0.25, -0.2) is 14.4 Å². The molecular weight excluding hydrogens is 623 g/mol. The van der Waals surface area contributed by atoms with E-state index in [-0.39, 0.29) is 30.7 Å². The highest BCUT2D eigenvalue weighted by atomic mass is 19.1. The number of pyridine rings is 1. The lowest BCUT2D eigenvalue weighted by Crippen LogP contribution is -2.48. The van der Waals surface area contributed by atoms with Crippen LogP contribution in [0.1, 0.15) is 31.0 Å². The number of carbonyl (C=O) groups excluding carboxylic acids is 2. The number of hydrogen-bond donors (Lipinski definition) is 2. The summed E-state index contributed by atoms with van der Waals surface area (Å²) in [6.45, 7) is 3.92. The molecule has 2 aromatic carbocycles. The highest BCUT2D eigenvalue weighted by Crippen LogP contribution is 2.32. The van der Waals surface area contributed by atoms with Crippen molar-refractivity contribution in [1.29, 1.82) is 0 Å². The van der Waals surface area contributed by atoms with E-state index >= 15 is 4.39 Å². The lowest BCUT2D eigenvalue weighted by Gasteiger charge is -2.30. The molecule has 0 spiro atoms. The minimum Gasteiger partial charge on any atom is -0.367 e. The van der Waals surface area contributed by atoms with Gasteiger partial charge in [0.25, 0.3) is 5.91 Å². The number of benzene rings is 2. The van der Waals surface area contributed by atoms with E-state index in [0.717, 1.165) is 39.8 Å². The minimum atomic E-state index is -1.10. The van der Waals surface area contributed by atoms with Crippen LogP contribution in [0, 0.1) is 5.82 Å². The van der Waals surface area contributed by atoms with Gasteiger partial charge in [0.05, 0.1) is 12.1 Å². The number of rotatable bonds is 9. The van der Waals surface area contributed by atoms with E-state index in [1.807, 2.05) is 47.4 Å². The monoisotopic (exact) mass is 660 g/mol. The summed E-state index contributed by atoms with van der Waals surface area (Å²) >= 11 is 0. The molecule has 1 saturated heterocycles. The predicted molar refractivity (Wildman–Crippen MR) is 185 cm³/mol. The summed E-state index contributed by atoms with van der Waals surface area (Å²) in [5.74, 6) is -0.175. The quantitative estimate of drug-likeness (QED) is 0.223. The van der Waals surface area contributed by atoms with Crippen LogP contribution in [0.3, 0.4) is 0 Å². The van der Waals surface area contributed by atoms with E-state index in [1.54, 1.807) is 35.6 Å². The Morgan fingerprint density at radius 3 is 2.63 bits per heavy atom. The molecule has 2 N–H and O–H groups in total. The van der Waals surface area contributed by atoms with Gasteiger partial charge in [-0.15, -0.1) is 0 Å². The molecule has 2 aliphatic rings. The zero-order chi connectivity index (χ0) is 34.0. The molecule has 0 saturated carbocycles. The Labute approximate surface area is 283 Å². The second-order valence-corrected chi connectivity index (χ2v) is 12.4. The van der Waals surface area contributed by atoms with E-state index < -0.39 is 5.60 Å². The summed E-state index contributed by atoms with van der Waals surface area (Å²) in [7, 11) is 1.53. The Morgan fingerprint density at radius 1 is 1.02 bits per heavy atom. The van der Waals surface area contributed by atoms with E-state index in [1.165, 1.54) is 13.2 Å². The van der Waals surface area contributed by atoms with E-state index in [0.29, 0.717) is 55.1 Å². The first-order chi connectivity index (χ1) is 23.9. The van der Waals surface area contributed by atoms with Crippen LogP contribution >= 0.6 is 0 Å². The molecule has 11 nitrogen and oxygen atoms in total. The third-order valence-corrected chi connectivity index (χ3v) is 9.45. The molecule has 0 bridgehead atoms. The maximum absolute atomic E-state index is 15.1. The van der Waals surface area contributed by atoms with Gasteiger partial charge in [0.2, 0.25) is 5.91 Å². The summed E-state index contributed by atoms with van der Waals surface area (Å²) in [6, 6.07) is 16.3. The van der Waals surface area contributed by atoms with Gasteiger partial charge in [0.15, 0.2) is 11.4 Å². The number of aryl methyl sites for hydroxylation is 1. The normalized spacial score (nSPS) is 18.1. The van der Waals surface area contributed by atoms with Crippen LogP contribution in [0.25, 0.3) is 39.1 Å². The lowest BCUT2D eigenvalue weighted by atomic mass is 9.97. The topological polar surface area (TPSA) is 129 Å². The number of aromatic nitrogens is 5. The summed E-state index contributed by atoms with van der Waals surface area (Å²) < 4.78 is 20.9. The molecule has 7 rings (SSSR count). The largest absolute Gasteiger partial charge is 0.367 e. The molecule has 1 fully saturated rings. The number of amides is 2. The number of halogens is 1. The average Bonchev–Trinajstić information content (AvgIpc) is 3.77. The number of nitrogens with zero attached hydrogens (tertiary/aromatic N) is 6. The van der Waals surface area contributed by atoms with Gasteiger partial charge in [-0.05, 0) is 67.3 Å². The van der Waals surface area contributed by atoms with Crippen LogP contribution in [0.4, 0.5) is 10.1 Å². The van der Waals surface area contributed by atoms with Gasteiger partial charge in [0, 0.05) is 85.3 Å². The van der Waals surface area contributed by atoms with Gasteiger partial charge in [-0.2, -0.15) is 5.10 Å². The molecule has 5 heterocycles. The number of carbonyl (C=O) groups is 2. The average molecular weight is 661 g/mol. The third-order valence-electron chi connectivity index (χ3n) is 9.45. The molecule has 5 aromatic rings. The summed E-state index contributed by atoms with van der Waals surface area (Å²) in [4.78, 5) is 43.5. The molecule has 2 amide bonds. The number of anilines is 1. The minimum absolute atomic E-state index is 0.0417. The van der Waals surface area contributed by atoms with Crippen molar-refractivity contribution in [3.8, 4) is 22.6 Å². The van der Waals surface area contributed by atoms with Crippen LogP contribution in [-0.2, 0) is 20.7 Å². The fourth-order valence-electron chi connectivity index (χ4n) is 6.61. The second kappa shape index (κ2) is 13.7. The molecule has 12 heteroatoms. The Balaban J connectivity index is 0.973. The number of ether oxygens (including phenoxy) is 1. The highest BCUT2D eigenvalue weighted by molar-refractivity contribution is 6.01. The number of aromatic amines is 1. The number of fused-ring (bicyclic) bond motifs is 1. The molecule has 49 heavy (non-hydrogen) atoms. The first-order valence-corrected chi connectivity index (χ1v) is 16.4. The van der Waals surface area contributed by atoms with E-state index in [4.69, 9.17) is 4.74 Å². The molecule has 0 radical (unpaired) electrons. The zero-order valence-electron chi connectivity index (χ0n) is 27.4. The SMILES string of the molecule is CCc1cc(-c2n[nH]c3ccc(NC(=O)[C@]4(OC)CCN(CC(=O)N5CC=C(c6ccc(-c7ncccn7)cc6F)CC5)C4)cc23)ccn1. The van der Waals surface area contributed by atoms with Crippen molar-refractivity contribution < 1.29 is 18.7 Å². The van der Waals surface area contributed by atoms with Crippen LogP contribution in [0.5, 0.6) is 0 Å². The standard InChI is InChI=1S/C37H37FN8O3/c1-3-27-19-25(9-15-39-27)34-30-21-28(6-8-32(30)43-44-34)42-36(48)37(49-2)12-18-45(23-37)22-33(47)46-16-10-24(11-17-46)29-7-5-26(20-31(29)38)35-40-13-4-14-41-35/h4-10,13-15,19-21H,3,11-12,16-18,22-23H2,1-2H3,(H,42,48)(H,43,44)/t37-/m0/s1. The Bertz CT molecular complexity index is 2050. The van der Waals surface area contributed by atoms with Crippen molar-refractivity contribution in [2.24, 2.45) is 0 Å². The van der Waals surface area contributed by atoms with Crippen LogP contribution in [0.2, 0.25) is 0 Å². The van der Waals surface area contributed by atoms with Crippen LogP contribution in [0.15, 0.2) is 79.3 Å². The number of hydrogen-bond acceptors (Lipinski definition) is 8. The van der Waals surface area contributed by atoms with E-state index in [2.05, 4.69) is 37.4 Å². The van der Waals surface area contributed by atoms with Gasteiger partial charge in [-0.3, -0.25) is 24.6 Å². The molecule has 0 unspecified atom stereocenters. The van der Waals surface area contributed by atoms with Gasteiger partial charge < -0.3 is 15.0 Å². The summed E-state index contributed by atoms with van der Waals surface area (Å²) in [5.41, 5.74) is 5.10. The van der Waals surface area contributed by atoms with Gasteiger partial charge in [0.1, 0.15) is 11.5 Å². The predicted octanol–water partition coefficient (Wildman–Crippen LogP) is 5.13. The van der Waals surface area contributed by atoms with Crippen molar-refractivity contribution in [3.63, 3.8) is 0 Å². The fourth-order valence-corrected chi connectivity index (χ4v) is 6.61. The van der Waals surface area contributed by atoms with Crippen molar-refractivity contribution in [2.75, 3.05) is 45.2 Å². The summed E-state index contributed by atoms with van der Waals surface area (Å²) in [5, 5.41) is 11.5. The van der Waals surface area contributed by atoms with Crippen LogP contribution < -0.4 is 5.32 Å². The second-order valence-electron chi connectivity index (χ2n) is 12.4. The zero-order valence-corrected chi connectivity index (χ0v) is 27.4. The smallest absolute Gasteiger partial charge is 0.258 e. The van der Waals surface area contributed by atoms with Crippen LogP contribution in [-0.4, -0.2) is 92.2 Å². The van der Waals surface area contributed by atoms with Crippen molar-refractivity contribution in [3.05, 3.63) is 96.3 Å². The van der Waals surface area contributed by atoms with E-state index in [9.17, 15) is 9.59 Å². The van der Waals surface area contributed by atoms with Gasteiger partial charge >= 0.3 is 0 Å². The molecular formula is C37H37FN8O3. The maximum atomic E-state index is 15.1. The Morgan fingerprint density at radius 2 is 1.88 bits per heavy atom.